The van der Waals surface area contributed by atoms with Gasteiger partial charge >= 0.3 is 0 Å². The summed E-state index contributed by atoms with van der Waals surface area (Å²) in [5.74, 6) is 0.731. The summed E-state index contributed by atoms with van der Waals surface area (Å²) >= 11 is 0. The quantitative estimate of drug-likeness (QED) is 0.714. The average Bonchev–Trinajstić information content (AvgIpc) is 2.89. The lowest BCUT2D eigenvalue weighted by molar-refractivity contribution is 1.34. The van der Waals surface area contributed by atoms with E-state index in [1.54, 1.807) is 12.1 Å². The van der Waals surface area contributed by atoms with Crippen LogP contribution in [0.4, 0.5) is 0 Å². The third-order valence-corrected chi connectivity index (χ3v) is 2.91. The van der Waals surface area contributed by atoms with Crippen molar-refractivity contribution in [1.82, 2.24) is 9.97 Å². The van der Waals surface area contributed by atoms with Crippen LogP contribution in [0.1, 0.15) is 11.1 Å². The standard InChI is InChI=1S/C15H8N4/c16-8-11-6-13-14(7-12(11)9-17)19-15(18-13)10-4-2-1-3-5-10/h1-7H,(H,18,19). The number of aromatic nitrogens is 2. The molecule has 0 fully saturated rings. The molecule has 0 spiro atoms. The molecule has 0 unspecified atom stereocenters. The fourth-order valence-corrected chi connectivity index (χ4v) is 1.97. The third-order valence-electron chi connectivity index (χ3n) is 2.91. The van der Waals surface area contributed by atoms with Gasteiger partial charge in [0, 0.05) is 5.56 Å². The Balaban J connectivity index is 2.23. The highest BCUT2D eigenvalue weighted by molar-refractivity contribution is 5.82. The number of benzene rings is 2. The van der Waals surface area contributed by atoms with Crippen LogP contribution < -0.4 is 0 Å². The fraction of sp³-hybridized carbons (Fsp3) is 0. The Hall–Kier alpha value is -3.11. The lowest BCUT2D eigenvalue weighted by Crippen LogP contribution is -1.83. The van der Waals surface area contributed by atoms with Crippen LogP contribution in [0.15, 0.2) is 42.5 Å². The summed E-state index contributed by atoms with van der Waals surface area (Å²) in [4.78, 5) is 7.62. The van der Waals surface area contributed by atoms with Gasteiger partial charge in [-0.2, -0.15) is 10.5 Å². The van der Waals surface area contributed by atoms with Gasteiger partial charge in [-0.3, -0.25) is 0 Å². The molecule has 3 rings (SSSR count). The second kappa shape index (κ2) is 4.29. The molecule has 3 aromatic rings. The first-order valence-corrected chi connectivity index (χ1v) is 5.71. The molecular weight excluding hydrogens is 236 g/mol. The summed E-state index contributed by atoms with van der Waals surface area (Å²) in [6.07, 6.45) is 0. The molecule has 0 amide bonds. The predicted octanol–water partition coefficient (Wildman–Crippen LogP) is 2.97. The summed E-state index contributed by atoms with van der Waals surface area (Å²) in [6.45, 7) is 0. The van der Waals surface area contributed by atoms with Crippen LogP contribution in [0, 0.1) is 22.7 Å². The minimum atomic E-state index is 0.348. The van der Waals surface area contributed by atoms with Gasteiger partial charge in [0.1, 0.15) is 18.0 Å². The molecular formula is C15H8N4. The number of imidazole rings is 1. The smallest absolute Gasteiger partial charge is 0.138 e. The maximum Gasteiger partial charge on any atom is 0.138 e. The Morgan fingerprint density at radius 3 is 2.32 bits per heavy atom. The van der Waals surface area contributed by atoms with E-state index < -0.39 is 0 Å². The number of nitrogens with zero attached hydrogens (tertiary/aromatic N) is 3. The zero-order chi connectivity index (χ0) is 13.2. The number of fused-ring (bicyclic) bond motifs is 1. The van der Waals surface area contributed by atoms with Crippen molar-refractivity contribution in [1.29, 1.82) is 10.5 Å². The number of hydrogen-bond donors (Lipinski definition) is 1. The van der Waals surface area contributed by atoms with Crippen LogP contribution in [-0.2, 0) is 0 Å². The van der Waals surface area contributed by atoms with Crippen LogP contribution in [-0.4, -0.2) is 9.97 Å². The van der Waals surface area contributed by atoms with Crippen molar-refractivity contribution in [3.8, 4) is 23.5 Å². The lowest BCUT2D eigenvalue weighted by Gasteiger charge is -1.93. The van der Waals surface area contributed by atoms with E-state index in [0.717, 1.165) is 16.9 Å². The summed E-state index contributed by atoms with van der Waals surface area (Å²) in [6, 6.07) is 17.0. The van der Waals surface area contributed by atoms with Gasteiger partial charge in [0.2, 0.25) is 0 Å². The van der Waals surface area contributed by atoms with E-state index >= 15 is 0 Å². The van der Waals surface area contributed by atoms with Crippen LogP contribution in [0.25, 0.3) is 22.4 Å². The Labute approximate surface area is 109 Å². The van der Waals surface area contributed by atoms with Gasteiger partial charge in [-0.1, -0.05) is 30.3 Å². The van der Waals surface area contributed by atoms with E-state index in [1.807, 2.05) is 42.5 Å². The molecule has 0 bridgehead atoms. The minimum absolute atomic E-state index is 0.348. The van der Waals surface area contributed by atoms with E-state index in [9.17, 15) is 0 Å². The molecule has 0 aliphatic carbocycles. The van der Waals surface area contributed by atoms with Crippen LogP contribution in [0.5, 0.6) is 0 Å². The summed E-state index contributed by atoms with van der Waals surface area (Å²) < 4.78 is 0. The van der Waals surface area contributed by atoms with Gasteiger partial charge in [0.05, 0.1) is 22.2 Å². The van der Waals surface area contributed by atoms with Gasteiger partial charge in [-0.15, -0.1) is 0 Å². The molecule has 0 radical (unpaired) electrons. The van der Waals surface area contributed by atoms with Crippen molar-refractivity contribution in [3.63, 3.8) is 0 Å². The van der Waals surface area contributed by atoms with Gasteiger partial charge in [0.25, 0.3) is 0 Å². The van der Waals surface area contributed by atoms with Gasteiger partial charge in [-0.05, 0) is 12.1 Å². The Kier molecular flexibility index (Phi) is 2.48. The Bertz CT molecular complexity index is 781. The zero-order valence-corrected chi connectivity index (χ0v) is 9.88. The molecule has 19 heavy (non-hydrogen) atoms. The van der Waals surface area contributed by atoms with E-state index in [0.29, 0.717) is 16.6 Å². The van der Waals surface area contributed by atoms with Crippen molar-refractivity contribution in [2.24, 2.45) is 0 Å². The lowest BCUT2D eigenvalue weighted by atomic mass is 10.1. The monoisotopic (exact) mass is 244 g/mol. The molecule has 0 aliphatic heterocycles. The van der Waals surface area contributed by atoms with Crippen molar-refractivity contribution in [2.45, 2.75) is 0 Å². The number of hydrogen-bond acceptors (Lipinski definition) is 3. The zero-order valence-electron chi connectivity index (χ0n) is 9.88. The number of nitrogens with one attached hydrogen (secondary N) is 1. The fourth-order valence-electron chi connectivity index (χ4n) is 1.97. The molecule has 0 atom stereocenters. The molecule has 1 N–H and O–H groups in total. The molecule has 0 saturated carbocycles. The third kappa shape index (κ3) is 1.82. The van der Waals surface area contributed by atoms with Gasteiger partial charge < -0.3 is 4.98 Å². The SMILES string of the molecule is N#Cc1cc2nc(-c3ccccc3)[nH]c2cc1C#N. The Morgan fingerprint density at radius 2 is 1.63 bits per heavy atom. The molecule has 4 heteroatoms. The molecule has 88 valence electrons. The first-order valence-electron chi connectivity index (χ1n) is 5.71. The summed E-state index contributed by atoms with van der Waals surface area (Å²) in [5.41, 5.74) is 3.12. The minimum Gasteiger partial charge on any atom is -0.338 e. The topological polar surface area (TPSA) is 76.3 Å². The highest BCUT2D eigenvalue weighted by atomic mass is 14.9. The molecule has 2 aromatic carbocycles. The van der Waals surface area contributed by atoms with E-state index in [-0.39, 0.29) is 0 Å². The normalized spacial score (nSPS) is 10.0. The number of aromatic amines is 1. The maximum absolute atomic E-state index is 9.00. The maximum atomic E-state index is 9.00. The molecule has 1 aromatic heterocycles. The van der Waals surface area contributed by atoms with Crippen LogP contribution in [0.3, 0.4) is 0 Å². The Morgan fingerprint density at radius 1 is 0.947 bits per heavy atom. The summed E-state index contributed by atoms with van der Waals surface area (Å²) in [5, 5.41) is 18.0. The van der Waals surface area contributed by atoms with E-state index in [1.165, 1.54) is 0 Å². The van der Waals surface area contributed by atoms with Crippen LogP contribution in [0.2, 0.25) is 0 Å². The first kappa shape index (κ1) is 11.0. The van der Waals surface area contributed by atoms with Crippen molar-refractivity contribution in [3.05, 3.63) is 53.6 Å². The van der Waals surface area contributed by atoms with Crippen LogP contribution >= 0.6 is 0 Å². The highest BCUT2D eigenvalue weighted by Crippen LogP contribution is 2.22. The summed E-state index contributed by atoms with van der Waals surface area (Å²) in [7, 11) is 0. The molecule has 0 aliphatic rings. The number of nitriles is 2. The largest absolute Gasteiger partial charge is 0.338 e. The van der Waals surface area contributed by atoms with Crippen molar-refractivity contribution >= 4 is 11.0 Å². The second-order valence-corrected chi connectivity index (χ2v) is 4.09. The molecule has 0 saturated heterocycles. The molecule has 4 nitrogen and oxygen atoms in total. The number of rotatable bonds is 1. The number of H-pyrrole nitrogens is 1. The van der Waals surface area contributed by atoms with E-state index in [2.05, 4.69) is 9.97 Å². The van der Waals surface area contributed by atoms with E-state index in [4.69, 9.17) is 10.5 Å². The predicted molar refractivity (Wildman–Crippen MR) is 71.0 cm³/mol. The second-order valence-electron chi connectivity index (χ2n) is 4.09. The van der Waals surface area contributed by atoms with Crippen molar-refractivity contribution in [2.75, 3.05) is 0 Å². The molecule has 1 heterocycles. The van der Waals surface area contributed by atoms with Gasteiger partial charge in [0.15, 0.2) is 0 Å². The first-order chi connectivity index (χ1) is 9.31. The van der Waals surface area contributed by atoms with Gasteiger partial charge in [-0.25, -0.2) is 4.98 Å². The highest BCUT2D eigenvalue weighted by Gasteiger charge is 2.09. The average molecular weight is 244 g/mol. The van der Waals surface area contributed by atoms with Crippen molar-refractivity contribution < 1.29 is 0 Å².